The maximum Gasteiger partial charge on any atom is 0.315 e. The maximum absolute atomic E-state index is 11.8. The normalized spacial score (nSPS) is 14.4. The van der Waals surface area contributed by atoms with Gasteiger partial charge in [0.15, 0.2) is 0 Å². The Morgan fingerprint density at radius 3 is 2.30 bits per heavy atom. The Morgan fingerprint density at radius 1 is 1.30 bits per heavy atom. The summed E-state index contributed by atoms with van der Waals surface area (Å²) in [4.78, 5) is 23.0. The molecule has 0 bridgehead atoms. The molecule has 0 aromatic rings. The van der Waals surface area contributed by atoms with Gasteiger partial charge in [0.05, 0.1) is 5.92 Å². The summed E-state index contributed by atoms with van der Waals surface area (Å²) in [6.07, 6.45) is 3.38. The van der Waals surface area contributed by atoms with Gasteiger partial charge in [-0.25, -0.2) is 4.79 Å². The fourth-order valence-corrected chi connectivity index (χ4v) is 2.62. The summed E-state index contributed by atoms with van der Waals surface area (Å²) in [6, 6.07) is -0.165. The molecular formula is C14H28N2O3S. The van der Waals surface area contributed by atoms with Gasteiger partial charge in [-0.2, -0.15) is 11.8 Å². The van der Waals surface area contributed by atoms with E-state index in [9.17, 15) is 14.7 Å². The first-order valence-corrected chi connectivity index (χ1v) is 8.35. The molecule has 0 rings (SSSR count). The highest BCUT2D eigenvalue weighted by Crippen LogP contribution is 2.24. The molecule has 118 valence electrons. The second kappa shape index (κ2) is 9.10. The first kappa shape index (κ1) is 19.1. The van der Waals surface area contributed by atoms with E-state index in [-0.39, 0.29) is 24.0 Å². The molecule has 0 heterocycles. The Morgan fingerprint density at radius 2 is 1.90 bits per heavy atom. The van der Waals surface area contributed by atoms with Gasteiger partial charge in [-0.15, -0.1) is 0 Å². The topological polar surface area (TPSA) is 78.4 Å². The molecule has 2 amide bonds. The van der Waals surface area contributed by atoms with Crippen LogP contribution in [-0.4, -0.2) is 41.7 Å². The van der Waals surface area contributed by atoms with E-state index in [4.69, 9.17) is 0 Å². The average molecular weight is 304 g/mol. The summed E-state index contributed by atoms with van der Waals surface area (Å²) in [6.45, 7) is 8.16. The van der Waals surface area contributed by atoms with Crippen LogP contribution < -0.4 is 10.6 Å². The molecule has 5 nitrogen and oxygen atoms in total. The lowest BCUT2D eigenvalue weighted by atomic mass is 9.84. The number of aliphatic carboxylic acids is 1. The van der Waals surface area contributed by atoms with Crippen LogP contribution in [0.4, 0.5) is 4.79 Å². The molecule has 0 radical (unpaired) electrons. The second-order valence-corrected chi connectivity index (χ2v) is 7.13. The number of nitrogens with one attached hydrogen (secondary N) is 2. The molecule has 0 spiro atoms. The Bertz CT molecular complexity index is 316. The van der Waals surface area contributed by atoms with Crippen LogP contribution in [0, 0.1) is 11.3 Å². The lowest BCUT2D eigenvalue weighted by molar-refractivity contribution is -0.142. The summed E-state index contributed by atoms with van der Waals surface area (Å²) in [5.41, 5.74) is -0.0774. The smallest absolute Gasteiger partial charge is 0.315 e. The van der Waals surface area contributed by atoms with E-state index in [2.05, 4.69) is 10.6 Å². The van der Waals surface area contributed by atoms with Gasteiger partial charge >= 0.3 is 12.0 Å². The summed E-state index contributed by atoms with van der Waals surface area (Å²) >= 11 is 1.68. The monoisotopic (exact) mass is 304 g/mol. The Balaban J connectivity index is 4.27. The third-order valence-electron chi connectivity index (χ3n) is 2.91. The van der Waals surface area contributed by atoms with Gasteiger partial charge in [0, 0.05) is 18.3 Å². The van der Waals surface area contributed by atoms with Crippen molar-refractivity contribution in [1.82, 2.24) is 10.6 Å². The number of carboxylic acids is 1. The Hall–Kier alpha value is -0.910. The van der Waals surface area contributed by atoms with Gasteiger partial charge in [0.1, 0.15) is 0 Å². The van der Waals surface area contributed by atoms with Crippen LogP contribution >= 0.6 is 11.8 Å². The van der Waals surface area contributed by atoms with Crippen molar-refractivity contribution in [2.45, 2.75) is 46.6 Å². The molecule has 20 heavy (non-hydrogen) atoms. The number of urea groups is 1. The average Bonchev–Trinajstić information content (AvgIpc) is 2.32. The minimum absolute atomic E-state index is 0.0774. The zero-order valence-electron chi connectivity index (χ0n) is 13.2. The molecule has 0 aromatic carbocycles. The molecule has 2 unspecified atom stereocenters. The van der Waals surface area contributed by atoms with Crippen molar-refractivity contribution in [1.29, 1.82) is 0 Å². The summed E-state index contributed by atoms with van der Waals surface area (Å²) in [5, 5.41) is 14.7. The van der Waals surface area contributed by atoms with Crippen LogP contribution in [0.25, 0.3) is 0 Å². The first-order valence-electron chi connectivity index (χ1n) is 6.95. The minimum Gasteiger partial charge on any atom is -0.481 e. The molecule has 0 aliphatic heterocycles. The summed E-state index contributed by atoms with van der Waals surface area (Å²) in [5.74, 6) is -0.563. The van der Waals surface area contributed by atoms with Gasteiger partial charge in [0.25, 0.3) is 0 Å². The maximum atomic E-state index is 11.8. The molecule has 0 saturated carbocycles. The van der Waals surface area contributed by atoms with Crippen molar-refractivity contribution < 1.29 is 14.7 Å². The highest BCUT2D eigenvalue weighted by atomic mass is 32.2. The van der Waals surface area contributed by atoms with Crippen LogP contribution in [0.2, 0.25) is 0 Å². The van der Waals surface area contributed by atoms with Gasteiger partial charge in [0.2, 0.25) is 0 Å². The predicted molar refractivity (Wildman–Crippen MR) is 84.2 cm³/mol. The van der Waals surface area contributed by atoms with Gasteiger partial charge in [-0.1, -0.05) is 27.7 Å². The lowest BCUT2D eigenvalue weighted by Crippen LogP contribution is -2.45. The second-order valence-electron chi connectivity index (χ2n) is 6.21. The molecule has 0 fully saturated rings. The van der Waals surface area contributed by atoms with E-state index in [1.807, 2.05) is 34.0 Å². The number of hydrogen-bond acceptors (Lipinski definition) is 3. The molecule has 0 saturated heterocycles. The number of amides is 2. The fourth-order valence-electron chi connectivity index (χ4n) is 1.90. The van der Waals surface area contributed by atoms with E-state index < -0.39 is 11.9 Å². The fraction of sp³-hybridized carbons (Fsp3) is 0.857. The van der Waals surface area contributed by atoms with E-state index in [1.54, 1.807) is 11.8 Å². The predicted octanol–water partition coefficient (Wildman–Crippen LogP) is 2.56. The number of carboxylic acid groups (broad SMARTS) is 1. The third kappa shape index (κ3) is 9.07. The molecule has 6 heteroatoms. The van der Waals surface area contributed by atoms with Crippen LogP contribution in [0.3, 0.4) is 0 Å². The van der Waals surface area contributed by atoms with Gasteiger partial charge in [-0.05, 0) is 24.5 Å². The molecule has 0 aliphatic rings. The number of thioether (sulfide) groups is 1. The quantitative estimate of drug-likeness (QED) is 0.644. The number of carbonyl (C=O) groups is 2. The zero-order valence-corrected chi connectivity index (χ0v) is 14.0. The highest BCUT2D eigenvalue weighted by molar-refractivity contribution is 7.98. The van der Waals surface area contributed by atoms with Gasteiger partial charge < -0.3 is 15.7 Å². The van der Waals surface area contributed by atoms with Crippen LogP contribution in [0.15, 0.2) is 0 Å². The van der Waals surface area contributed by atoms with Crippen molar-refractivity contribution in [3.8, 4) is 0 Å². The molecule has 3 N–H and O–H groups in total. The van der Waals surface area contributed by atoms with Crippen molar-refractivity contribution >= 4 is 23.8 Å². The summed E-state index contributed by atoms with van der Waals surface area (Å²) in [7, 11) is 0. The number of carbonyl (C=O) groups excluding carboxylic acids is 1. The SMILES string of the molecule is CCC(CSC)NC(=O)NCC(CC(C)(C)C)C(=O)O. The first-order chi connectivity index (χ1) is 9.19. The van der Waals surface area contributed by atoms with Crippen LogP contribution in [-0.2, 0) is 4.79 Å². The van der Waals surface area contributed by atoms with Crippen LogP contribution in [0.1, 0.15) is 40.5 Å². The molecule has 2 atom stereocenters. The van der Waals surface area contributed by atoms with Crippen molar-refractivity contribution in [3.63, 3.8) is 0 Å². The van der Waals surface area contributed by atoms with E-state index >= 15 is 0 Å². The lowest BCUT2D eigenvalue weighted by Gasteiger charge is -2.24. The van der Waals surface area contributed by atoms with E-state index in [0.29, 0.717) is 6.42 Å². The van der Waals surface area contributed by atoms with Crippen molar-refractivity contribution in [2.24, 2.45) is 11.3 Å². The van der Waals surface area contributed by atoms with Crippen LogP contribution in [0.5, 0.6) is 0 Å². The van der Waals surface area contributed by atoms with E-state index in [1.165, 1.54) is 0 Å². The third-order valence-corrected chi connectivity index (χ3v) is 3.65. The standard InChI is InChI=1S/C14H28N2O3S/c1-6-11(9-20-5)16-13(19)15-8-10(12(17)18)7-14(2,3)4/h10-11H,6-9H2,1-5H3,(H,17,18)(H2,15,16,19). The van der Waals surface area contributed by atoms with Crippen molar-refractivity contribution in [2.75, 3.05) is 18.6 Å². The Labute approximate surface area is 126 Å². The van der Waals surface area contributed by atoms with Crippen molar-refractivity contribution in [3.05, 3.63) is 0 Å². The number of hydrogen-bond donors (Lipinski definition) is 3. The largest absolute Gasteiger partial charge is 0.481 e. The molecular weight excluding hydrogens is 276 g/mol. The van der Waals surface area contributed by atoms with E-state index in [0.717, 1.165) is 12.2 Å². The number of rotatable bonds is 8. The highest BCUT2D eigenvalue weighted by Gasteiger charge is 2.25. The molecule has 0 aromatic heterocycles. The Kier molecular flexibility index (Phi) is 8.69. The zero-order chi connectivity index (χ0) is 15.8. The molecule has 0 aliphatic carbocycles. The minimum atomic E-state index is -0.864. The summed E-state index contributed by atoms with van der Waals surface area (Å²) < 4.78 is 0. The van der Waals surface area contributed by atoms with Gasteiger partial charge in [-0.3, -0.25) is 4.79 Å².